The van der Waals surface area contributed by atoms with Crippen molar-refractivity contribution in [3.05, 3.63) is 59.9 Å². The van der Waals surface area contributed by atoms with Gasteiger partial charge in [0.2, 0.25) is 5.76 Å². The SMILES string of the molecule is CCOC(=O)c1oc2ccccc2c1CNc1ccccc1OC. The maximum atomic E-state index is 12.2. The van der Waals surface area contributed by atoms with Gasteiger partial charge in [-0.25, -0.2) is 4.79 Å². The number of hydrogen-bond donors (Lipinski definition) is 1. The average Bonchev–Trinajstić information content (AvgIpc) is 2.99. The van der Waals surface area contributed by atoms with E-state index in [0.29, 0.717) is 18.7 Å². The number of esters is 1. The molecule has 0 aliphatic rings. The summed E-state index contributed by atoms with van der Waals surface area (Å²) in [5, 5.41) is 4.19. The molecule has 124 valence electrons. The first-order valence-corrected chi connectivity index (χ1v) is 7.79. The van der Waals surface area contributed by atoms with E-state index in [0.717, 1.165) is 22.4 Å². The molecule has 0 unspecified atom stereocenters. The van der Waals surface area contributed by atoms with Crippen molar-refractivity contribution in [1.82, 2.24) is 0 Å². The van der Waals surface area contributed by atoms with Gasteiger partial charge in [-0.1, -0.05) is 30.3 Å². The fraction of sp³-hybridized carbons (Fsp3) is 0.211. The Balaban J connectivity index is 1.95. The summed E-state index contributed by atoms with van der Waals surface area (Å²) in [6.45, 7) is 2.49. The summed E-state index contributed by atoms with van der Waals surface area (Å²) in [5.74, 6) is 0.522. The van der Waals surface area contributed by atoms with Crippen LogP contribution in [0.3, 0.4) is 0 Å². The second kappa shape index (κ2) is 7.08. The minimum atomic E-state index is -0.453. The molecule has 0 bridgehead atoms. The van der Waals surface area contributed by atoms with Crippen LogP contribution in [0.4, 0.5) is 5.69 Å². The molecule has 0 saturated carbocycles. The Morgan fingerprint density at radius 1 is 1.12 bits per heavy atom. The highest BCUT2D eigenvalue weighted by Gasteiger charge is 2.21. The molecule has 0 radical (unpaired) electrons. The van der Waals surface area contributed by atoms with Crippen molar-refractivity contribution >= 4 is 22.6 Å². The summed E-state index contributed by atoms with van der Waals surface area (Å²) in [7, 11) is 1.62. The summed E-state index contributed by atoms with van der Waals surface area (Å²) < 4.78 is 16.2. The molecule has 0 fully saturated rings. The predicted octanol–water partition coefficient (Wildman–Crippen LogP) is 4.23. The fourth-order valence-electron chi connectivity index (χ4n) is 2.61. The Bertz CT molecular complexity index is 853. The number of carbonyl (C=O) groups excluding carboxylic acids is 1. The number of benzene rings is 2. The van der Waals surface area contributed by atoms with Gasteiger partial charge in [0.15, 0.2) is 0 Å². The molecule has 2 aromatic carbocycles. The lowest BCUT2D eigenvalue weighted by Crippen LogP contribution is -2.09. The standard InChI is InChI=1S/C19H19NO4/c1-3-23-19(21)18-14(13-8-4-6-10-16(13)24-18)12-20-15-9-5-7-11-17(15)22-2/h4-11,20H,3,12H2,1-2H3. The van der Waals surface area contributed by atoms with Crippen molar-refractivity contribution in [2.75, 3.05) is 19.0 Å². The second-order valence-electron chi connectivity index (χ2n) is 5.18. The van der Waals surface area contributed by atoms with Crippen LogP contribution in [0.1, 0.15) is 23.0 Å². The van der Waals surface area contributed by atoms with Crippen LogP contribution in [0.5, 0.6) is 5.75 Å². The average molecular weight is 325 g/mol. The van der Waals surface area contributed by atoms with E-state index in [1.54, 1.807) is 14.0 Å². The normalized spacial score (nSPS) is 10.6. The zero-order chi connectivity index (χ0) is 16.9. The van der Waals surface area contributed by atoms with Gasteiger partial charge in [0.1, 0.15) is 11.3 Å². The van der Waals surface area contributed by atoms with Crippen molar-refractivity contribution in [3.8, 4) is 5.75 Å². The molecule has 0 amide bonds. The minimum Gasteiger partial charge on any atom is -0.495 e. The Hall–Kier alpha value is -2.95. The van der Waals surface area contributed by atoms with Gasteiger partial charge < -0.3 is 19.2 Å². The number of fused-ring (bicyclic) bond motifs is 1. The molecule has 0 atom stereocenters. The van der Waals surface area contributed by atoms with Crippen LogP contribution in [0.25, 0.3) is 11.0 Å². The highest BCUT2D eigenvalue weighted by atomic mass is 16.5. The third-order valence-corrected chi connectivity index (χ3v) is 3.72. The smallest absolute Gasteiger partial charge is 0.374 e. The third-order valence-electron chi connectivity index (χ3n) is 3.72. The summed E-state index contributed by atoms with van der Waals surface area (Å²) in [6.07, 6.45) is 0. The molecule has 0 saturated heterocycles. The van der Waals surface area contributed by atoms with Gasteiger partial charge >= 0.3 is 5.97 Å². The van der Waals surface area contributed by atoms with E-state index in [-0.39, 0.29) is 5.76 Å². The maximum Gasteiger partial charge on any atom is 0.374 e. The first-order chi connectivity index (χ1) is 11.7. The quantitative estimate of drug-likeness (QED) is 0.687. The molecule has 1 heterocycles. The largest absolute Gasteiger partial charge is 0.495 e. The molecular formula is C19H19NO4. The van der Waals surface area contributed by atoms with Gasteiger partial charge in [0, 0.05) is 17.5 Å². The van der Waals surface area contributed by atoms with Crippen molar-refractivity contribution in [2.45, 2.75) is 13.5 Å². The third kappa shape index (κ3) is 3.06. The van der Waals surface area contributed by atoms with Crippen molar-refractivity contribution < 1.29 is 18.7 Å². The zero-order valence-corrected chi connectivity index (χ0v) is 13.7. The topological polar surface area (TPSA) is 60.7 Å². The van der Waals surface area contributed by atoms with Crippen LogP contribution in [0, 0.1) is 0 Å². The van der Waals surface area contributed by atoms with Gasteiger partial charge in [-0.3, -0.25) is 0 Å². The van der Waals surface area contributed by atoms with Gasteiger partial charge in [-0.2, -0.15) is 0 Å². The molecule has 1 aromatic heterocycles. The molecule has 0 spiro atoms. The molecule has 24 heavy (non-hydrogen) atoms. The lowest BCUT2D eigenvalue weighted by molar-refractivity contribution is 0.0491. The highest BCUT2D eigenvalue weighted by molar-refractivity contribution is 5.96. The van der Waals surface area contributed by atoms with Crippen molar-refractivity contribution in [3.63, 3.8) is 0 Å². The monoisotopic (exact) mass is 325 g/mol. The molecule has 1 N–H and O–H groups in total. The van der Waals surface area contributed by atoms with Crippen molar-refractivity contribution in [1.29, 1.82) is 0 Å². The molecular weight excluding hydrogens is 306 g/mol. The van der Waals surface area contributed by atoms with Crippen LogP contribution in [0.2, 0.25) is 0 Å². The van der Waals surface area contributed by atoms with Gasteiger partial charge in [-0.05, 0) is 25.1 Å². The van der Waals surface area contributed by atoms with E-state index in [2.05, 4.69) is 5.32 Å². The van der Waals surface area contributed by atoms with E-state index in [4.69, 9.17) is 13.9 Å². The van der Waals surface area contributed by atoms with E-state index < -0.39 is 5.97 Å². The summed E-state index contributed by atoms with van der Waals surface area (Å²) >= 11 is 0. The maximum absolute atomic E-state index is 12.2. The number of ether oxygens (including phenoxy) is 2. The summed E-state index contributed by atoms with van der Waals surface area (Å²) in [5.41, 5.74) is 2.28. The van der Waals surface area contributed by atoms with E-state index in [1.165, 1.54) is 0 Å². The Morgan fingerprint density at radius 3 is 2.67 bits per heavy atom. The number of rotatable bonds is 6. The van der Waals surface area contributed by atoms with Crippen LogP contribution in [0.15, 0.2) is 52.9 Å². The van der Waals surface area contributed by atoms with E-state index >= 15 is 0 Å². The van der Waals surface area contributed by atoms with Gasteiger partial charge in [0.05, 0.1) is 19.4 Å². The lowest BCUT2D eigenvalue weighted by atomic mass is 10.1. The summed E-state index contributed by atoms with van der Waals surface area (Å²) in [4.78, 5) is 12.2. The number of anilines is 1. The first-order valence-electron chi connectivity index (χ1n) is 7.79. The predicted molar refractivity (Wildman–Crippen MR) is 92.5 cm³/mol. The molecule has 0 aliphatic carbocycles. The molecule has 5 heteroatoms. The van der Waals surface area contributed by atoms with Gasteiger partial charge in [-0.15, -0.1) is 0 Å². The van der Waals surface area contributed by atoms with Crippen LogP contribution >= 0.6 is 0 Å². The number of hydrogen-bond acceptors (Lipinski definition) is 5. The van der Waals surface area contributed by atoms with Crippen LogP contribution in [-0.4, -0.2) is 19.7 Å². The molecule has 0 aliphatic heterocycles. The number of methoxy groups -OCH3 is 1. The van der Waals surface area contributed by atoms with Crippen molar-refractivity contribution in [2.24, 2.45) is 0 Å². The number of para-hydroxylation sites is 3. The number of nitrogens with one attached hydrogen (secondary N) is 1. The molecule has 5 nitrogen and oxygen atoms in total. The molecule has 3 aromatic rings. The Morgan fingerprint density at radius 2 is 1.88 bits per heavy atom. The minimum absolute atomic E-state index is 0.237. The lowest BCUT2D eigenvalue weighted by Gasteiger charge is -2.11. The number of carbonyl (C=O) groups is 1. The zero-order valence-electron chi connectivity index (χ0n) is 13.7. The van der Waals surface area contributed by atoms with Crippen LogP contribution in [-0.2, 0) is 11.3 Å². The number of furan rings is 1. The second-order valence-corrected chi connectivity index (χ2v) is 5.18. The Kier molecular flexibility index (Phi) is 4.70. The summed E-state index contributed by atoms with van der Waals surface area (Å²) in [6, 6.07) is 15.2. The first kappa shape index (κ1) is 15.9. The fourth-order valence-corrected chi connectivity index (χ4v) is 2.61. The van der Waals surface area contributed by atoms with Gasteiger partial charge in [0.25, 0.3) is 0 Å². The Labute approximate surface area is 140 Å². The van der Waals surface area contributed by atoms with Crippen LogP contribution < -0.4 is 10.1 Å². The van der Waals surface area contributed by atoms with E-state index in [9.17, 15) is 4.79 Å². The van der Waals surface area contributed by atoms with E-state index in [1.807, 2.05) is 48.5 Å². The molecule has 3 rings (SSSR count). The highest BCUT2D eigenvalue weighted by Crippen LogP contribution is 2.29.